The molecule has 0 aliphatic heterocycles. The van der Waals surface area contributed by atoms with Crippen LogP contribution in [-0.2, 0) is 7.05 Å². The fourth-order valence-corrected chi connectivity index (χ4v) is 0.866. The number of aliphatic hydroxyl groups excluding tert-OH is 1. The average Bonchev–Trinajstić information content (AvgIpc) is 2.34. The van der Waals surface area contributed by atoms with Crippen LogP contribution in [0.4, 0.5) is 0 Å². The molecule has 3 heteroatoms. The zero-order valence-corrected chi connectivity index (χ0v) is 6.78. The number of aryl methyl sites for hydroxylation is 1. The molecular weight excluding hydrogens is 140 g/mol. The highest BCUT2D eigenvalue weighted by Gasteiger charge is 2.08. The van der Waals surface area contributed by atoms with Gasteiger partial charge in [-0.05, 0) is 12.5 Å². The van der Waals surface area contributed by atoms with E-state index in [1.807, 2.05) is 7.05 Å². The number of hydrogen-bond acceptors (Lipinski definition) is 2. The first-order valence-corrected chi connectivity index (χ1v) is 3.43. The second-order valence-electron chi connectivity index (χ2n) is 2.70. The van der Waals surface area contributed by atoms with Gasteiger partial charge in [-0.15, -0.1) is 0 Å². The van der Waals surface area contributed by atoms with Gasteiger partial charge in [-0.25, -0.2) is 0 Å². The normalized spacial score (nSPS) is 13.0. The van der Waals surface area contributed by atoms with Crippen LogP contribution in [0.1, 0.15) is 18.6 Å². The molecule has 1 atom stereocenters. The zero-order valence-electron chi connectivity index (χ0n) is 6.78. The number of hydrogen-bond donors (Lipinski definition) is 1. The minimum absolute atomic E-state index is 0.580. The Bertz CT molecular complexity index is 265. The molecule has 1 unspecified atom stereocenters. The van der Waals surface area contributed by atoms with Crippen LogP contribution in [0.25, 0.3) is 0 Å². The molecule has 0 saturated heterocycles. The molecule has 1 aromatic heterocycles. The summed E-state index contributed by atoms with van der Waals surface area (Å²) in [4.78, 5) is 0. The third kappa shape index (κ3) is 1.68. The highest BCUT2D eigenvalue weighted by atomic mass is 16.3. The van der Waals surface area contributed by atoms with E-state index in [9.17, 15) is 5.11 Å². The van der Waals surface area contributed by atoms with Crippen molar-refractivity contribution >= 4 is 0 Å². The van der Waals surface area contributed by atoms with Gasteiger partial charge < -0.3 is 5.11 Å². The van der Waals surface area contributed by atoms with Crippen molar-refractivity contribution in [1.82, 2.24) is 9.78 Å². The van der Waals surface area contributed by atoms with Gasteiger partial charge >= 0.3 is 0 Å². The molecule has 60 valence electrons. The quantitative estimate of drug-likeness (QED) is 0.643. The fourth-order valence-electron chi connectivity index (χ4n) is 0.866. The number of rotatable bonds is 2. The predicted molar refractivity (Wildman–Crippen MR) is 43.0 cm³/mol. The SMILES string of the molecule is C=C(C)C(O)c1cnn(C)c1. The summed E-state index contributed by atoms with van der Waals surface area (Å²) in [5.41, 5.74) is 1.53. The minimum Gasteiger partial charge on any atom is -0.384 e. The predicted octanol–water partition coefficient (Wildman–Crippen LogP) is 1.03. The van der Waals surface area contributed by atoms with Crippen LogP contribution in [0.2, 0.25) is 0 Å². The van der Waals surface area contributed by atoms with Crippen LogP contribution in [0.5, 0.6) is 0 Å². The molecule has 0 aromatic carbocycles. The number of nitrogens with zero attached hydrogens (tertiary/aromatic N) is 2. The van der Waals surface area contributed by atoms with Crippen LogP contribution >= 0.6 is 0 Å². The summed E-state index contributed by atoms with van der Waals surface area (Å²) in [5, 5.41) is 13.4. The van der Waals surface area contributed by atoms with Gasteiger partial charge in [-0.1, -0.05) is 6.58 Å². The van der Waals surface area contributed by atoms with E-state index in [1.165, 1.54) is 0 Å². The average molecular weight is 152 g/mol. The Morgan fingerprint density at radius 2 is 2.45 bits per heavy atom. The first-order chi connectivity index (χ1) is 5.11. The van der Waals surface area contributed by atoms with E-state index >= 15 is 0 Å². The lowest BCUT2D eigenvalue weighted by Crippen LogP contribution is -1.95. The van der Waals surface area contributed by atoms with Crippen molar-refractivity contribution in [1.29, 1.82) is 0 Å². The van der Waals surface area contributed by atoms with Crippen molar-refractivity contribution in [3.8, 4) is 0 Å². The molecule has 3 nitrogen and oxygen atoms in total. The molecule has 0 aliphatic carbocycles. The fraction of sp³-hybridized carbons (Fsp3) is 0.375. The van der Waals surface area contributed by atoms with E-state index in [2.05, 4.69) is 11.7 Å². The lowest BCUT2D eigenvalue weighted by molar-refractivity contribution is 0.216. The largest absolute Gasteiger partial charge is 0.384 e. The Balaban J connectivity index is 2.84. The second-order valence-corrected chi connectivity index (χ2v) is 2.70. The van der Waals surface area contributed by atoms with Crippen LogP contribution in [0.3, 0.4) is 0 Å². The Hall–Kier alpha value is -1.09. The molecule has 0 bridgehead atoms. The Kier molecular flexibility index (Phi) is 2.10. The maximum atomic E-state index is 9.46. The molecule has 1 N–H and O–H groups in total. The molecule has 11 heavy (non-hydrogen) atoms. The zero-order chi connectivity index (χ0) is 8.43. The number of aromatic nitrogens is 2. The highest BCUT2D eigenvalue weighted by molar-refractivity contribution is 5.17. The standard InChI is InChI=1S/C8H12N2O/c1-6(2)8(11)7-4-9-10(3)5-7/h4-5,8,11H,1H2,2-3H3. The van der Waals surface area contributed by atoms with Gasteiger partial charge in [0.05, 0.1) is 6.20 Å². The summed E-state index contributed by atoms with van der Waals surface area (Å²) in [6.07, 6.45) is 2.84. The molecule has 0 radical (unpaired) electrons. The van der Waals surface area contributed by atoms with Crippen LogP contribution < -0.4 is 0 Å². The van der Waals surface area contributed by atoms with Crippen LogP contribution in [-0.4, -0.2) is 14.9 Å². The summed E-state index contributed by atoms with van der Waals surface area (Å²) in [5.74, 6) is 0. The Morgan fingerprint density at radius 1 is 1.82 bits per heavy atom. The van der Waals surface area contributed by atoms with Gasteiger partial charge in [0.1, 0.15) is 6.10 Å². The molecule has 1 rings (SSSR count). The van der Waals surface area contributed by atoms with Gasteiger partial charge in [-0.2, -0.15) is 5.10 Å². The monoisotopic (exact) mass is 152 g/mol. The summed E-state index contributed by atoms with van der Waals surface area (Å²) in [6.45, 7) is 5.44. The molecule has 1 heterocycles. The van der Waals surface area contributed by atoms with E-state index in [0.29, 0.717) is 0 Å². The van der Waals surface area contributed by atoms with Gasteiger partial charge in [0.15, 0.2) is 0 Å². The van der Waals surface area contributed by atoms with E-state index in [0.717, 1.165) is 11.1 Å². The van der Waals surface area contributed by atoms with Crippen molar-refractivity contribution < 1.29 is 5.11 Å². The minimum atomic E-state index is -0.580. The third-order valence-electron chi connectivity index (χ3n) is 1.51. The van der Waals surface area contributed by atoms with E-state index < -0.39 is 6.10 Å². The van der Waals surface area contributed by atoms with E-state index in [-0.39, 0.29) is 0 Å². The molecule has 0 saturated carbocycles. The summed E-state index contributed by atoms with van der Waals surface area (Å²) < 4.78 is 1.65. The summed E-state index contributed by atoms with van der Waals surface area (Å²) in [6, 6.07) is 0. The van der Waals surface area contributed by atoms with Crippen molar-refractivity contribution in [2.24, 2.45) is 7.05 Å². The molecule has 0 fully saturated rings. The lowest BCUT2D eigenvalue weighted by atomic mass is 10.1. The van der Waals surface area contributed by atoms with Gasteiger partial charge in [0.25, 0.3) is 0 Å². The molecule has 1 aromatic rings. The van der Waals surface area contributed by atoms with Crippen molar-refractivity contribution in [3.63, 3.8) is 0 Å². The van der Waals surface area contributed by atoms with Crippen molar-refractivity contribution in [2.45, 2.75) is 13.0 Å². The maximum Gasteiger partial charge on any atom is 0.103 e. The maximum absolute atomic E-state index is 9.46. The van der Waals surface area contributed by atoms with Crippen molar-refractivity contribution in [2.75, 3.05) is 0 Å². The lowest BCUT2D eigenvalue weighted by Gasteiger charge is -2.05. The van der Waals surface area contributed by atoms with E-state index in [4.69, 9.17) is 0 Å². The molecular formula is C8H12N2O. The smallest absolute Gasteiger partial charge is 0.103 e. The summed E-state index contributed by atoms with van der Waals surface area (Å²) in [7, 11) is 1.81. The molecule has 0 amide bonds. The molecule has 0 aliphatic rings. The summed E-state index contributed by atoms with van der Waals surface area (Å²) >= 11 is 0. The first kappa shape index (κ1) is 8.01. The van der Waals surface area contributed by atoms with E-state index in [1.54, 1.807) is 24.0 Å². The van der Waals surface area contributed by atoms with Crippen molar-refractivity contribution in [3.05, 3.63) is 30.1 Å². The van der Waals surface area contributed by atoms with Crippen LogP contribution in [0, 0.1) is 0 Å². The third-order valence-corrected chi connectivity index (χ3v) is 1.51. The van der Waals surface area contributed by atoms with Gasteiger partial charge in [-0.3, -0.25) is 4.68 Å². The first-order valence-electron chi connectivity index (χ1n) is 3.43. The van der Waals surface area contributed by atoms with Gasteiger partial charge in [0.2, 0.25) is 0 Å². The Morgan fingerprint density at radius 3 is 2.82 bits per heavy atom. The van der Waals surface area contributed by atoms with Crippen LogP contribution in [0.15, 0.2) is 24.5 Å². The highest BCUT2D eigenvalue weighted by Crippen LogP contribution is 2.17. The topological polar surface area (TPSA) is 38.1 Å². The molecule has 0 spiro atoms. The second kappa shape index (κ2) is 2.88. The Labute approximate surface area is 66.0 Å². The van der Waals surface area contributed by atoms with Gasteiger partial charge in [0, 0.05) is 18.8 Å². The number of aliphatic hydroxyl groups is 1.